The number of benzene rings is 1. The maximum atomic E-state index is 6.34. The van der Waals surface area contributed by atoms with Crippen LogP contribution in [0.2, 0.25) is 5.02 Å². The zero-order valence-electron chi connectivity index (χ0n) is 11.4. The third-order valence-corrected chi connectivity index (χ3v) is 4.09. The van der Waals surface area contributed by atoms with E-state index in [0.29, 0.717) is 17.6 Å². The summed E-state index contributed by atoms with van der Waals surface area (Å²) in [4.78, 5) is 2.25. The van der Waals surface area contributed by atoms with Crippen molar-refractivity contribution in [2.24, 2.45) is 5.73 Å². The van der Waals surface area contributed by atoms with Crippen LogP contribution >= 0.6 is 11.6 Å². The molecule has 0 spiro atoms. The molecule has 0 bridgehead atoms. The normalized spacial score (nSPS) is 20.8. The zero-order valence-corrected chi connectivity index (χ0v) is 12.2. The number of ether oxygens (including phenoxy) is 2. The van der Waals surface area contributed by atoms with Gasteiger partial charge in [-0.2, -0.15) is 0 Å². The molecule has 2 N–H and O–H groups in total. The molecule has 1 heterocycles. The Morgan fingerprint density at radius 1 is 1.58 bits per heavy atom. The molecule has 0 saturated carbocycles. The van der Waals surface area contributed by atoms with Crippen molar-refractivity contribution in [2.75, 3.05) is 33.9 Å². The van der Waals surface area contributed by atoms with Crippen LogP contribution in [0.3, 0.4) is 0 Å². The lowest BCUT2D eigenvalue weighted by Crippen LogP contribution is -2.39. The summed E-state index contributed by atoms with van der Waals surface area (Å²) in [5.74, 6) is 0.786. The van der Waals surface area contributed by atoms with Gasteiger partial charge in [-0.05, 0) is 25.6 Å². The summed E-state index contributed by atoms with van der Waals surface area (Å²) in [5.41, 5.74) is 6.93. The van der Waals surface area contributed by atoms with Crippen molar-refractivity contribution in [3.8, 4) is 5.75 Å². The highest BCUT2D eigenvalue weighted by Gasteiger charge is 2.29. The number of nitrogens with two attached hydrogens (primary N) is 1. The Hall–Kier alpha value is -0.810. The highest BCUT2D eigenvalue weighted by atomic mass is 35.5. The fraction of sp³-hybridized carbons (Fsp3) is 0.571. The first-order valence-corrected chi connectivity index (χ1v) is 6.89. The van der Waals surface area contributed by atoms with E-state index >= 15 is 0 Å². The van der Waals surface area contributed by atoms with Crippen LogP contribution in [-0.4, -0.2) is 44.9 Å². The molecule has 1 aliphatic rings. The predicted octanol–water partition coefficient (Wildman–Crippen LogP) is 2.07. The smallest absolute Gasteiger partial charge is 0.125 e. The standard InChI is InChI=1S/C14H21ClN2O2/c1-17(10-6-7-19-9-10)12(8-16)14-11(15)4-3-5-13(14)18-2/h3-5,10,12H,6-9,16H2,1-2H3. The van der Waals surface area contributed by atoms with Crippen LogP contribution in [0.25, 0.3) is 0 Å². The summed E-state index contributed by atoms with van der Waals surface area (Å²) in [6.45, 7) is 2.05. The lowest BCUT2D eigenvalue weighted by atomic mass is 10.0. The number of hydrogen-bond donors (Lipinski definition) is 1. The maximum absolute atomic E-state index is 6.34. The lowest BCUT2D eigenvalue weighted by molar-refractivity contribution is 0.133. The first-order chi connectivity index (χ1) is 9.19. The third-order valence-electron chi connectivity index (χ3n) is 3.76. The second-order valence-electron chi connectivity index (χ2n) is 4.79. The van der Waals surface area contributed by atoms with Crippen LogP contribution < -0.4 is 10.5 Å². The highest BCUT2D eigenvalue weighted by Crippen LogP contribution is 2.35. The van der Waals surface area contributed by atoms with Gasteiger partial charge in [-0.1, -0.05) is 17.7 Å². The largest absolute Gasteiger partial charge is 0.496 e. The summed E-state index contributed by atoms with van der Waals surface area (Å²) in [6.07, 6.45) is 1.03. The Morgan fingerprint density at radius 3 is 2.95 bits per heavy atom. The van der Waals surface area contributed by atoms with Gasteiger partial charge in [0.05, 0.1) is 19.8 Å². The Bertz CT molecular complexity index is 422. The van der Waals surface area contributed by atoms with E-state index in [1.54, 1.807) is 7.11 Å². The summed E-state index contributed by atoms with van der Waals surface area (Å²) >= 11 is 6.34. The van der Waals surface area contributed by atoms with Gasteiger partial charge in [0.1, 0.15) is 5.75 Å². The van der Waals surface area contributed by atoms with Gasteiger partial charge in [0, 0.05) is 29.8 Å². The number of nitrogens with zero attached hydrogens (tertiary/aromatic N) is 1. The predicted molar refractivity (Wildman–Crippen MR) is 76.8 cm³/mol. The van der Waals surface area contributed by atoms with E-state index in [2.05, 4.69) is 11.9 Å². The Kier molecular flexibility index (Phi) is 5.05. The van der Waals surface area contributed by atoms with Gasteiger partial charge < -0.3 is 15.2 Å². The molecule has 1 fully saturated rings. The van der Waals surface area contributed by atoms with Gasteiger partial charge in [0.2, 0.25) is 0 Å². The molecule has 1 aromatic rings. The van der Waals surface area contributed by atoms with Crippen LogP contribution in [0.4, 0.5) is 0 Å². The highest BCUT2D eigenvalue weighted by molar-refractivity contribution is 6.31. The molecule has 1 saturated heterocycles. The minimum Gasteiger partial charge on any atom is -0.496 e. The number of likely N-dealkylation sites (N-methyl/N-ethyl adjacent to an activating group) is 1. The van der Waals surface area contributed by atoms with E-state index in [-0.39, 0.29) is 6.04 Å². The molecule has 0 radical (unpaired) electrons. The molecule has 5 heteroatoms. The molecule has 0 aromatic heterocycles. The van der Waals surface area contributed by atoms with Crippen LogP contribution in [0.5, 0.6) is 5.75 Å². The molecule has 0 amide bonds. The number of halogens is 1. The molecule has 1 aromatic carbocycles. The van der Waals surface area contributed by atoms with Crippen molar-refractivity contribution in [2.45, 2.75) is 18.5 Å². The van der Waals surface area contributed by atoms with Gasteiger partial charge in [-0.3, -0.25) is 4.90 Å². The number of hydrogen-bond acceptors (Lipinski definition) is 4. The van der Waals surface area contributed by atoms with Crippen LogP contribution in [0.15, 0.2) is 18.2 Å². The first kappa shape index (κ1) is 14.6. The molecule has 4 nitrogen and oxygen atoms in total. The first-order valence-electron chi connectivity index (χ1n) is 6.51. The monoisotopic (exact) mass is 284 g/mol. The summed E-state index contributed by atoms with van der Waals surface area (Å²) in [6, 6.07) is 6.10. The molecule has 1 aliphatic heterocycles. The maximum Gasteiger partial charge on any atom is 0.125 e. The Labute approximate surface area is 119 Å². The second-order valence-corrected chi connectivity index (χ2v) is 5.20. The molecule has 106 valence electrons. The van der Waals surface area contributed by atoms with Gasteiger partial charge >= 0.3 is 0 Å². The van der Waals surface area contributed by atoms with E-state index < -0.39 is 0 Å². The molecule has 2 rings (SSSR count). The summed E-state index contributed by atoms with van der Waals surface area (Å²) in [5, 5.41) is 0.695. The Balaban J connectivity index is 2.30. The van der Waals surface area contributed by atoms with Crippen molar-refractivity contribution in [1.29, 1.82) is 0 Å². The van der Waals surface area contributed by atoms with Crippen molar-refractivity contribution in [3.63, 3.8) is 0 Å². The lowest BCUT2D eigenvalue weighted by Gasteiger charge is -2.33. The van der Waals surface area contributed by atoms with E-state index in [9.17, 15) is 0 Å². The van der Waals surface area contributed by atoms with Crippen molar-refractivity contribution in [3.05, 3.63) is 28.8 Å². The fourth-order valence-corrected chi connectivity index (χ4v) is 2.90. The molecule has 2 atom stereocenters. The minimum absolute atomic E-state index is 0.0374. The number of methoxy groups -OCH3 is 1. The molecular formula is C14H21ClN2O2. The fourth-order valence-electron chi connectivity index (χ4n) is 2.60. The van der Waals surface area contributed by atoms with Gasteiger partial charge in [0.15, 0.2) is 0 Å². The van der Waals surface area contributed by atoms with Gasteiger partial charge in [-0.15, -0.1) is 0 Å². The Morgan fingerprint density at radius 2 is 2.37 bits per heavy atom. The van der Waals surface area contributed by atoms with Crippen LogP contribution in [-0.2, 0) is 4.74 Å². The van der Waals surface area contributed by atoms with Crippen LogP contribution in [0, 0.1) is 0 Å². The quantitative estimate of drug-likeness (QED) is 0.899. The van der Waals surface area contributed by atoms with E-state index in [1.807, 2.05) is 18.2 Å². The van der Waals surface area contributed by atoms with Crippen molar-refractivity contribution in [1.82, 2.24) is 4.90 Å². The number of rotatable bonds is 5. The molecule has 2 unspecified atom stereocenters. The third kappa shape index (κ3) is 3.03. The van der Waals surface area contributed by atoms with Crippen molar-refractivity contribution >= 4 is 11.6 Å². The summed E-state index contributed by atoms with van der Waals surface area (Å²) in [7, 11) is 3.72. The topological polar surface area (TPSA) is 47.7 Å². The zero-order chi connectivity index (χ0) is 13.8. The molecule has 19 heavy (non-hydrogen) atoms. The average molecular weight is 285 g/mol. The van der Waals surface area contributed by atoms with E-state index in [0.717, 1.165) is 30.9 Å². The SMILES string of the molecule is COc1cccc(Cl)c1C(CN)N(C)C1CCOC1. The average Bonchev–Trinajstić information content (AvgIpc) is 2.95. The van der Waals surface area contributed by atoms with Gasteiger partial charge in [-0.25, -0.2) is 0 Å². The van der Waals surface area contributed by atoms with Crippen molar-refractivity contribution < 1.29 is 9.47 Å². The van der Waals surface area contributed by atoms with Gasteiger partial charge in [0.25, 0.3) is 0 Å². The van der Waals surface area contributed by atoms with E-state index in [1.165, 1.54) is 0 Å². The minimum atomic E-state index is 0.0374. The van der Waals surface area contributed by atoms with E-state index in [4.69, 9.17) is 26.8 Å². The molecular weight excluding hydrogens is 264 g/mol. The molecule has 0 aliphatic carbocycles. The van der Waals surface area contributed by atoms with Crippen LogP contribution in [0.1, 0.15) is 18.0 Å². The second kappa shape index (κ2) is 6.57. The summed E-state index contributed by atoms with van der Waals surface area (Å²) < 4.78 is 10.9.